The molecule has 0 atom stereocenters. The summed E-state index contributed by atoms with van der Waals surface area (Å²) in [6.07, 6.45) is 0. The second kappa shape index (κ2) is 6.36. The predicted octanol–water partition coefficient (Wildman–Crippen LogP) is 5.22. The van der Waals surface area contributed by atoms with E-state index < -0.39 is 0 Å². The van der Waals surface area contributed by atoms with Gasteiger partial charge in [-0.05, 0) is 26.0 Å². The van der Waals surface area contributed by atoms with Gasteiger partial charge in [0, 0.05) is 11.1 Å². The van der Waals surface area contributed by atoms with Crippen molar-refractivity contribution in [2.45, 2.75) is 13.8 Å². The molecule has 0 bridgehead atoms. The molecule has 122 valence electrons. The zero-order chi connectivity index (χ0) is 17.2. The Balaban J connectivity index is 1.89. The van der Waals surface area contributed by atoms with E-state index in [9.17, 15) is 0 Å². The van der Waals surface area contributed by atoms with Gasteiger partial charge in [0.2, 0.25) is 0 Å². The molecule has 0 amide bonds. The van der Waals surface area contributed by atoms with Crippen LogP contribution in [0.1, 0.15) is 11.1 Å². The van der Waals surface area contributed by atoms with E-state index in [2.05, 4.69) is 62.4 Å². The highest BCUT2D eigenvalue weighted by molar-refractivity contribution is 5.64. The fourth-order valence-corrected chi connectivity index (χ4v) is 2.78. The van der Waals surface area contributed by atoms with E-state index in [0.29, 0.717) is 0 Å². The van der Waals surface area contributed by atoms with Crippen molar-refractivity contribution in [2.24, 2.45) is 0 Å². The number of aromatic nitrogens is 3. The average Bonchev–Trinajstić information content (AvgIpc) is 3.09. The normalized spacial score (nSPS) is 10.8. The third kappa shape index (κ3) is 3.09. The molecule has 0 fully saturated rings. The number of benzene rings is 3. The molecule has 4 aromatic rings. The van der Waals surface area contributed by atoms with Gasteiger partial charge in [-0.25, -0.2) is 9.67 Å². The Morgan fingerprint density at radius 1 is 0.640 bits per heavy atom. The van der Waals surface area contributed by atoms with Crippen molar-refractivity contribution >= 4 is 0 Å². The minimum atomic E-state index is 0.736. The van der Waals surface area contributed by atoms with Gasteiger partial charge in [-0.1, -0.05) is 77.9 Å². The summed E-state index contributed by atoms with van der Waals surface area (Å²) in [7, 11) is 0. The zero-order valence-corrected chi connectivity index (χ0v) is 14.3. The lowest BCUT2D eigenvalue weighted by molar-refractivity contribution is 0.890. The monoisotopic (exact) mass is 325 g/mol. The number of hydrogen-bond donors (Lipinski definition) is 0. The van der Waals surface area contributed by atoms with Crippen molar-refractivity contribution in [3.63, 3.8) is 0 Å². The highest BCUT2D eigenvalue weighted by Gasteiger charge is 2.14. The Morgan fingerprint density at radius 2 is 1.20 bits per heavy atom. The molecular weight excluding hydrogens is 306 g/mol. The smallest absolute Gasteiger partial charge is 0.182 e. The van der Waals surface area contributed by atoms with E-state index in [1.54, 1.807) is 0 Å². The topological polar surface area (TPSA) is 30.7 Å². The molecule has 0 N–H and O–H groups in total. The minimum absolute atomic E-state index is 0.736. The Bertz CT molecular complexity index is 982. The summed E-state index contributed by atoms with van der Waals surface area (Å²) in [6.45, 7) is 4.17. The van der Waals surface area contributed by atoms with Gasteiger partial charge in [0.05, 0.1) is 5.69 Å². The van der Waals surface area contributed by atoms with Crippen LogP contribution < -0.4 is 0 Å². The van der Waals surface area contributed by atoms with Crippen molar-refractivity contribution in [3.8, 4) is 28.5 Å². The predicted molar refractivity (Wildman–Crippen MR) is 102 cm³/mol. The fraction of sp³-hybridized carbons (Fsp3) is 0.0909. The number of para-hydroxylation sites is 1. The van der Waals surface area contributed by atoms with E-state index >= 15 is 0 Å². The molecular formula is C22H19N3. The van der Waals surface area contributed by atoms with Crippen LogP contribution in [0.3, 0.4) is 0 Å². The molecule has 0 saturated carbocycles. The average molecular weight is 325 g/mol. The van der Waals surface area contributed by atoms with Crippen molar-refractivity contribution < 1.29 is 0 Å². The summed E-state index contributed by atoms with van der Waals surface area (Å²) in [5.41, 5.74) is 5.54. The molecule has 0 spiro atoms. The van der Waals surface area contributed by atoms with Crippen LogP contribution in [0.15, 0.2) is 78.9 Å². The van der Waals surface area contributed by atoms with Gasteiger partial charge in [-0.3, -0.25) is 0 Å². The molecule has 0 saturated heterocycles. The number of rotatable bonds is 3. The summed E-state index contributed by atoms with van der Waals surface area (Å²) in [5, 5.41) is 4.78. The van der Waals surface area contributed by atoms with E-state index in [1.165, 1.54) is 11.1 Å². The summed E-state index contributed by atoms with van der Waals surface area (Å²) in [6, 6.07) is 26.8. The Kier molecular flexibility index (Phi) is 3.90. The Labute approximate surface area is 147 Å². The summed E-state index contributed by atoms with van der Waals surface area (Å²) < 4.78 is 1.92. The molecule has 0 aliphatic heterocycles. The molecule has 3 heteroatoms. The van der Waals surface area contributed by atoms with Crippen molar-refractivity contribution in [1.29, 1.82) is 0 Å². The first-order chi connectivity index (χ1) is 12.2. The standard InChI is InChI=1S/C22H19N3/c1-16-8-12-18(13-9-16)21-23-22(19-14-10-17(2)11-15-19)25(24-21)20-6-4-3-5-7-20/h3-15H,1-2H3. The molecule has 0 radical (unpaired) electrons. The van der Waals surface area contributed by atoms with Gasteiger partial charge < -0.3 is 0 Å². The molecule has 0 aliphatic rings. The van der Waals surface area contributed by atoms with Gasteiger partial charge in [0.15, 0.2) is 11.6 Å². The van der Waals surface area contributed by atoms with Crippen molar-refractivity contribution in [1.82, 2.24) is 14.8 Å². The zero-order valence-electron chi connectivity index (χ0n) is 14.3. The van der Waals surface area contributed by atoms with Crippen LogP contribution >= 0.6 is 0 Å². The minimum Gasteiger partial charge on any atom is -0.213 e. The maximum absolute atomic E-state index is 4.84. The molecule has 1 aromatic heterocycles. The fourth-order valence-electron chi connectivity index (χ4n) is 2.78. The van der Waals surface area contributed by atoms with E-state index in [4.69, 9.17) is 10.1 Å². The van der Waals surface area contributed by atoms with E-state index in [0.717, 1.165) is 28.5 Å². The lowest BCUT2D eigenvalue weighted by Gasteiger charge is -2.05. The van der Waals surface area contributed by atoms with Crippen LogP contribution in [0.5, 0.6) is 0 Å². The van der Waals surface area contributed by atoms with Crippen LogP contribution in [0, 0.1) is 13.8 Å². The number of aryl methyl sites for hydroxylation is 2. The Hall–Kier alpha value is -3.20. The van der Waals surface area contributed by atoms with Crippen molar-refractivity contribution in [2.75, 3.05) is 0 Å². The summed E-state index contributed by atoms with van der Waals surface area (Å²) >= 11 is 0. The SMILES string of the molecule is Cc1ccc(-c2nc(-c3ccc(C)cc3)n(-c3ccccc3)n2)cc1. The highest BCUT2D eigenvalue weighted by atomic mass is 15.4. The van der Waals surface area contributed by atoms with Crippen LogP contribution in [-0.2, 0) is 0 Å². The number of nitrogens with zero attached hydrogens (tertiary/aromatic N) is 3. The third-order valence-electron chi connectivity index (χ3n) is 4.23. The number of hydrogen-bond acceptors (Lipinski definition) is 2. The van der Waals surface area contributed by atoms with Gasteiger partial charge in [-0.15, -0.1) is 5.10 Å². The molecule has 1 heterocycles. The molecule has 25 heavy (non-hydrogen) atoms. The first kappa shape index (κ1) is 15.3. The van der Waals surface area contributed by atoms with Gasteiger partial charge in [0.25, 0.3) is 0 Å². The maximum atomic E-state index is 4.84. The molecule has 0 aliphatic carbocycles. The molecule has 3 nitrogen and oxygen atoms in total. The maximum Gasteiger partial charge on any atom is 0.182 e. The first-order valence-electron chi connectivity index (χ1n) is 8.37. The lowest BCUT2D eigenvalue weighted by atomic mass is 10.1. The second-order valence-electron chi connectivity index (χ2n) is 6.24. The van der Waals surface area contributed by atoms with Crippen LogP contribution in [-0.4, -0.2) is 14.8 Å². The van der Waals surface area contributed by atoms with Crippen molar-refractivity contribution in [3.05, 3.63) is 90.0 Å². The van der Waals surface area contributed by atoms with Crippen LogP contribution in [0.25, 0.3) is 28.5 Å². The third-order valence-corrected chi connectivity index (χ3v) is 4.23. The molecule has 4 rings (SSSR count). The Morgan fingerprint density at radius 3 is 1.80 bits per heavy atom. The highest BCUT2D eigenvalue weighted by Crippen LogP contribution is 2.25. The quantitative estimate of drug-likeness (QED) is 0.517. The molecule has 0 unspecified atom stereocenters. The first-order valence-corrected chi connectivity index (χ1v) is 8.37. The molecule has 3 aromatic carbocycles. The van der Waals surface area contributed by atoms with Gasteiger partial charge in [-0.2, -0.15) is 0 Å². The van der Waals surface area contributed by atoms with Gasteiger partial charge in [0.1, 0.15) is 0 Å². The second-order valence-corrected chi connectivity index (χ2v) is 6.24. The largest absolute Gasteiger partial charge is 0.213 e. The lowest BCUT2D eigenvalue weighted by Crippen LogP contribution is -1.99. The van der Waals surface area contributed by atoms with Crippen LogP contribution in [0.2, 0.25) is 0 Å². The van der Waals surface area contributed by atoms with Crippen LogP contribution in [0.4, 0.5) is 0 Å². The van der Waals surface area contributed by atoms with Gasteiger partial charge >= 0.3 is 0 Å². The summed E-state index contributed by atoms with van der Waals surface area (Å²) in [5.74, 6) is 1.58. The summed E-state index contributed by atoms with van der Waals surface area (Å²) in [4.78, 5) is 4.84. The van der Waals surface area contributed by atoms with E-state index in [-0.39, 0.29) is 0 Å². The van der Waals surface area contributed by atoms with E-state index in [1.807, 2.05) is 35.0 Å².